The number of hydrogen-bond acceptors (Lipinski definition) is 6. The second-order valence-corrected chi connectivity index (χ2v) is 5.23. The largest absolute Gasteiger partial charge is 0.373 e. The Bertz CT molecular complexity index is 541. The van der Waals surface area contributed by atoms with Crippen molar-refractivity contribution in [3.63, 3.8) is 0 Å². The van der Waals surface area contributed by atoms with Crippen LogP contribution in [0.2, 0.25) is 0 Å². The van der Waals surface area contributed by atoms with Crippen LogP contribution in [0.15, 0.2) is 25.0 Å². The summed E-state index contributed by atoms with van der Waals surface area (Å²) < 4.78 is 9.98. The molecule has 0 aliphatic rings. The molecule has 0 saturated carbocycles. The summed E-state index contributed by atoms with van der Waals surface area (Å²) in [6.07, 6.45) is 6.96. The van der Waals surface area contributed by atoms with Crippen LogP contribution in [0.1, 0.15) is 25.2 Å². The van der Waals surface area contributed by atoms with Crippen molar-refractivity contribution in [2.45, 2.75) is 38.9 Å². The summed E-state index contributed by atoms with van der Waals surface area (Å²) in [4.78, 5) is 35.4. The minimum Gasteiger partial charge on any atom is -0.373 e. The van der Waals surface area contributed by atoms with Crippen LogP contribution in [0.25, 0.3) is 0 Å². The van der Waals surface area contributed by atoms with Crippen molar-refractivity contribution < 1.29 is 19.1 Å². The van der Waals surface area contributed by atoms with E-state index in [2.05, 4.69) is 19.9 Å². The summed E-state index contributed by atoms with van der Waals surface area (Å²) in [5, 5.41) is 0. The van der Waals surface area contributed by atoms with Crippen molar-refractivity contribution in [2.24, 2.45) is 0 Å². The molecule has 132 valence electrons. The van der Waals surface area contributed by atoms with E-state index in [4.69, 9.17) is 9.47 Å². The third-order valence-corrected chi connectivity index (χ3v) is 3.40. The second-order valence-electron chi connectivity index (χ2n) is 5.23. The Balaban J connectivity index is 0.000000240. The number of aromatic nitrogens is 4. The number of rotatable bonds is 8. The molecule has 24 heavy (non-hydrogen) atoms. The first kappa shape index (κ1) is 19.7. The first-order valence-electron chi connectivity index (χ1n) is 7.48. The third kappa shape index (κ3) is 6.84. The molecule has 2 aromatic heterocycles. The van der Waals surface area contributed by atoms with E-state index in [1.165, 1.54) is 28.1 Å². The highest BCUT2D eigenvalue weighted by Gasteiger charge is 2.14. The van der Waals surface area contributed by atoms with Crippen LogP contribution in [0.4, 0.5) is 0 Å². The molecular formula is C16H24N4O4. The van der Waals surface area contributed by atoms with Gasteiger partial charge in [0.1, 0.15) is 12.2 Å². The van der Waals surface area contributed by atoms with Gasteiger partial charge < -0.3 is 19.4 Å². The lowest BCUT2D eigenvalue weighted by Crippen LogP contribution is -2.22. The van der Waals surface area contributed by atoms with Crippen molar-refractivity contribution in [3.8, 4) is 0 Å². The molecule has 0 aliphatic carbocycles. The Kier molecular flexibility index (Phi) is 8.59. The Morgan fingerprint density at radius 1 is 0.917 bits per heavy atom. The zero-order chi connectivity index (χ0) is 17.9. The molecule has 0 fully saturated rings. The number of methoxy groups -OCH3 is 2. The third-order valence-electron chi connectivity index (χ3n) is 3.40. The Hall–Kier alpha value is -2.32. The van der Waals surface area contributed by atoms with Gasteiger partial charge in [0.05, 0.1) is 12.7 Å². The topological polar surface area (TPSA) is 110 Å². The summed E-state index contributed by atoms with van der Waals surface area (Å²) in [5.41, 5.74) is 1.83. The van der Waals surface area contributed by atoms with E-state index in [0.29, 0.717) is 12.8 Å². The Morgan fingerprint density at radius 3 is 1.50 bits per heavy atom. The molecule has 8 nitrogen and oxygen atoms in total. The zero-order valence-corrected chi connectivity index (χ0v) is 14.4. The number of ketones is 2. The highest BCUT2D eigenvalue weighted by molar-refractivity contribution is 5.81. The molecule has 0 saturated heterocycles. The molecule has 0 spiro atoms. The first-order chi connectivity index (χ1) is 11.5. The van der Waals surface area contributed by atoms with Gasteiger partial charge in [-0.15, -0.1) is 0 Å². The fraction of sp³-hybridized carbons (Fsp3) is 0.500. The fourth-order valence-electron chi connectivity index (χ4n) is 1.98. The lowest BCUT2D eigenvalue weighted by atomic mass is 10.1. The highest BCUT2D eigenvalue weighted by Crippen LogP contribution is 2.02. The van der Waals surface area contributed by atoms with E-state index < -0.39 is 0 Å². The van der Waals surface area contributed by atoms with Crippen LogP contribution in [-0.2, 0) is 31.9 Å². The summed E-state index contributed by atoms with van der Waals surface area (Å²) in [6.45, 7) is 3.04. The number of H-pyrrole nitrogens is 2. The van der Waals surface area contributed by atoms with Gasteiger partial charge in [-0.05, 0) is 13.8 Å². The van der Waals surface area contributed by atoms with Gasteiger partial charge in [0.25, 0.3) is 0 Å². The van der Waals surface area contributed by atoms with Gasteiger partial charge in [-0.1, -0.05) is 0 Å². The fourth-order valence-corrected chi connectivity index (χ4v) is 1.98. The molecule has 8 heteroatoms. The maximum absolute atomic E-state index is 10.9. The number of aromatic amines is 2. The van der Waals surface area contributed by atoms with Gasteiger partial charge in [-0.2, -0.15) is 0 Å². The van der Waals surface area contributed by atoms with Crippen molar-refractivity contribution >= 4 is 11.6 Å². The zero-order valence-electron chi connectivity index (χ0n) is 14.4. The minimum absolute atomic E-state index is 0.0344. The standard InChI is InChI=1S/2C8H12N2O2/c2*1-6(11)8(12-2)3-7-4-9-5-10-7/h2*4-5,8H,3H2,1-2H3,(H,9,10)/t2*8-/m10/s1. The summed E-state index contributed by atoms with van der Waals surface area (Å²) >= 11 is 0. The monoisotopic (exact) mass is 336 g/mol. The molecule has 0 amide bonds. The Morgan fingerprint density at radius 2 is 1.29 bits per heavy atom. The van der Waals surface area contributed by atoms with Crippen LogP contribution in [-0.4, -0.2) is 57.9 Å². The first-order valence-corrected chi connectivity index (χ1v) is 7.48. The van der Waals surface area contributed by atoms with E-state index in [-0.39, 0.29) is 23.8 Å². The van der Waals surface area contributed by atoms with Gasteiger partial charge in [0.2, 0.25) is 0 Å². The van der Waals surface area contributed by atoms with Crippen LogP contribution in [0.5, 0.6) is 0 Å². The molecule has 0 aliphatic heterocycles. The number of carbonyl (C=O) groups excluding carboxylic acids is 2. The number of Topliss-reactive ketones (excluding diaryl/α,β-unsaturated/α-hetero) is 2. The highest BCUT2D eigenvalue weighted by atomic mass is 16.5. The van der Waals surface area contributed by atoms with Gasteiger partial charge in [-0.25, -0.2) is 9.97 Å². The predicted molar refractivity (Wildman–Crippen MR) is 87.5 cm³/mol. The number of carbonyl (C=O) groups is 2. The SMILES string of the molecule is CO[C@@H](Cc1cnc[nH]1)C(C)=O.CO[C@H](Cc1cnc[nH]1)C(C)=O. The molecule has 0 bridgehead atoms. The maximum Gasteiger partial charge on any atom is 0.158 e. The van der Waals surface area contributed by atoms with Crippen molar-refractivity contribution in [2.75, 3.05) is 14.2 Å². The molecule has 2 heterocycles. The predicted octanol–water partition coefficient (Wildman–Crippen LogP) is 1.11. The molecule has 2 rings (SSSR count). The number of nitrogens with zero attached hydrogens (tertiary/aromatic N) is 2. The number of nitrogens with one attached hydrogen (secondary N) is 2. The van der Waals surface area contributed by atoms with Gasteiger partial charge in [0, 0.05) is 50.8 Å². The van der Waals surface area contributed by atoms with E-state index in [1.54, 1.807) is 25.0 Å². The summed E-state index contributed by atoms with van der Waals surface area (Å²) in [7, 11) is 3.06. The number of imidazole rings is 2. The molecule has 2 N–H and O–H groups in total. The van der Waals surface area contributed by atoms with Crippen LogP contribution in [0, 0.1) is 0 Å². The average Bonchev–Trinajstić information content (AvgIpc) is 3.23. The van der Waals surface area contributed by atoms with Gasteiger partial charge >= 0.3 is 0 Å². The Labute approximate surface area is 141 Å². The van der Waals surface area contributed by atoms with E-state index in [1.807, 2.05) is 0 Å². The molecular weight excluding hydrogens is 312 g/mol. The molecule has 2 atom stereocenters. The van der Waals surface area contributed by atoms with Crippen molar-refractivity contribution in [3.05, 3.63) is 36.4 Å². The van der Waals surface area contributed by atoms with Crippen molar-refractivity contribution in [1.29, 1.82) is 0 Å². The normalized spacial score (nSPS) is 12.8. The quantitative estimate of drug-likeness (QED) is 0.747. The lowest BCUT2D eigenvalue weighted by Gasteiger charge is -2.09. The average molecular weight is 336 g/mol. The van der Waals surface area contributed by atoms with E-state index in [0.717, 1.165) is 11.4 Å². The molecule has 0 unspecified atom stereocenters. The summed E-state index contributed by atoms with van der Waals surface area (Å²) in [5.74, 6) is 0.0687. The lowest BCUT2D eigenvalue weighted by molar-refractivity contribution is -0.127. The van der Waals surface area contributed by atoms with Crippen molar-refractivity contribution in [1.82, 2.24) is 19.9 Å². The smallest absolute Gasteiger partial charge is 0.158 e. The second kappa shape index (κ2) is 10.5. The number of hydrogen-bond donors (Lipinski definition) is 2. The maximum atomic E-state index is 10.9. The van der Waals surface area contributed by atoms with Crippen LogP contribution >= 0.6 is 0 Å². The molecule has 2 aromatic rings. The van der Waals surface area contributed by atoms with Gasteiger partial charge in [0.15, 0.2) is 11.6 Å². The van der Waals surface area contributed by atoms with E-state index in [9.17, 15) is 9.59 Å². The van der Waals surface area contributed by atoms with E-state index >= 15 is 0 Å². The van der Waals surface area contributed by atoms with Crippen LogP contribution in [0.3, 0.4) is 0 Å². The number of ether oxygens (including phenoxy) is 2. The molecule has 0 radical (unpaired) electrons. The minimum atomic E-state index is -0.356. The van der Waals surface area contributed by atoms with Gasteiger partial charge in [-0.3, -0.25) is 9.59 Å². The molecule has 0 aromatic carbocycles. The van der Waals surface area contributed by atoms with Crippen LogP contribution < -0.4 is 0 Å². The summed E-state index contributed by atoms with van der Waals surface area (Å²) in [6, 6.07) is 0.